The van der Waals surface area contributed by atoms with Gasteiger partial charge in [0.05, 0.1) is 19.5 Å². The van der Waals surface area contributed by atoms with Crippen LogP contribution in [0.4, 0.5) is 0 Å². The molecule has 0 unspecified atom stereocenters. The molecule has 0 aliphatic rings. The molecular weight excluding hydrogens is 498 g/mol. The summed E-state index contributed by atoms with van der Waals surface area (Å²) in [6.45, 7) is 6.39. The van der Waals surface area contributed by atoms with E-state index in [0.29, 0.717) is 28.7 Å². The van der Waals surface area contributed by atoms with Gasteiger partial charge in [-0.25, -0.2) is 18.4 Å². The van der Waals surface area contributed by atoms with Crippen LogP contribution in [0.3, 0.4) is 0 Å². The van der Waals surface area contributed by atoms with Gasteiger partial charge in [0.1, 0.15) is 34.3 Å². The summed E-state index contributed by atoms with van der Waals surface area (Å²) < 4.78 is 45.8. The van der Waals surface area contributed by atoms with Crippen molar-refractivity contribution in [2.45, 2.75) is 44.3 Å². The molecule has 4 rings (SSSR count). The molecule has 4 aromatic rings. The molecule has 0 radical (unpaired) electrons. The Morgan fingerprint density at radius 3 is 2.22 bits per heavy atom. The van der Waals surface area contributed by atoms with Gasteiger partial charge in [0, 0.05) is 12.4 Å². The van der Waals surface area contributed by atoms with Crippen molar-refractivity contribution in [2.24, 2.45) is 0 Å². The fourth-order valence-electron chi connectivity index (χ4n) is 3.90. The summed E-state index contributed by atoms with van der Waals surface area (Å²) in [5.74, 6) is 1.66. The number of methoxy groups -OCH3 is 2. The minimum absolute atomic E-state index is 0.00814. The van der Waals surface area contributed by atoms with E-state index in [1.54, 1.807) is 44.2 Å². The average molecular weight is 528 g/mol. The number of ether oxygens (including phenoxy) is 2. The minimum atomic E-state index is -4.03. The number of benzene rings is 1. The number of hydrogen-bond donors (Lipinski definition) is 1. The van der Waals surface area contributed by atoms with Crippen molar-refractivity contribution in [1.29, 1.82) is 0 Å². The van der Waals surface area contributed by atoms with Crippen molar-refractivity contribution in [3.8, 4) is 28.8 Å². The van der Waals surface area contributed by atoms with Crippen molar-refractivity contribution >= 4 is 9.84 Å². The molecule has 0 spiro atoms. The number of sulfone groups is 1. The number of hydrogen-bond acceptors (Lipinski definition) is 10. The second-order valence-corrected chi connectivity index (χ2v) is 11.2. The Morgan fingerprint density at radius 2 is 1.68 bits per heavy atom. The van der Waals surface area contributed by atoms with Gasteiger partial charge in [0.15, 0.2) is 27.2 Å². The van der Waals surface area contributed by atoms with Gasteiger partial charge >= 0.3 is 0 Å². The van der Waals surface area contributed by atoms with Crippen LogP contribution >= 0.6 is 0 Å². The lowest BCUT2D eigenvalue weighted by Crippen LogP contribution is -2.42. The first-order valence-corrected chi connectivity index (χ1v) is 13.2. The predicted octanol–water partition coefficient (Wildman–Crippen LogP) is 3.16. The first-order chi connectivity index (χ1) is 17.5. The number of nitrogens with zero attached hydrogens (tertiary/aromatic N) is 5. The Kier molecular flexibility index (Phi) is 7.07. The summed E-state index contributed by atoms with van der Waals surface area (Å²) in [5, 5.41) is 18.4. The lowest BCUT2D eigenvalue weighted by molar-refractivity contribution is 0.0469. The molecule has 12 heteroatoms. The molecule has 1 aromatic carbocycles. The number of rotatable bonds is 9. The summed E-state index contributed by atoms with van der Waals surface area (Å²) >= 11 is 0. The molecule has 0 bridgehead atoms. The largest absolute Gasteiger partial charge is 0.494 e. The van der Waals surface area contributed by atoms with Crippen molar-refractivity contribution in [2.75, 3.05) is 14.2 Å². The van der Waals surface area contributed by atoms with E-state index >= 15 is 0 Å². The Labute approximate surface area is 215 Å². The molecule has 3 aromatic heterocycles. The molecule has 0 saturated heterocycles. The highest BCUT2D eigenvalue weighted by molar-refractivity contribution is 7.91. The monoisotopic (exact) mass is 527 g/mol. The Hall–Kier alpha value is -3.77. The zero-order valence-electron chi connectivity index (χ0n) is 21.5. The molecule has 0 aliphatic heterocycles. The van der Waals surface area contributed by atoms with Crippen LogP contribution in [0, 0.1) is 13.8 Å². The highest BCUT2D eigenvalue weighted by atomic mass is 32.2. The maximum atomic E-state index is 13.6. The van der Waals surface area contributed by atoms with Gasteiger partial charge in [-0.1, -0.05) is 6.07 Å². The second kappa shape index (κ2) is 9.94. The summed E-state index contributed by atoms with van der Waals surface area (Å²) in [4.78, 5) is 8.29. The van der Waals surface area contributed by atoms with E-state index in [9.17, 15) is 13.5 Å². The molecule has 0 fully saturated rings. The van der Waals surface area contributed by atoms with Gasteiger partial charge in [-0.15, -0.1) is 10.2 Å². The second-order valence-electron chi connectivity index (χ2n) is 8.88. The van der Waals surface area contributed by atoms with Crippen LogP contribution in [0.1, 0.15) is 36.8 Å². The topological polar surface area (TPSA) is 142 Å². The molecule has 196 valence electrons. The van der Waals surface area contributed by atoms with Gasteiger partial charge in [0.25, 0.3) is 0 Å². The van der Waals surface area contributed by atoms with E-state index in [1.165, 1.54) is 45.0 Å². The van der Waals surface area contributed by atoms with Gasteiger partial charge in [-0.05, 0) is 57.5 Å². The molecule has 11 nitrogen and oxygen atoms in total. The number of aliphatic hydroxyl groups is 1. The van der Waals surface area contributed by atoms with E-state index in [-0.39, 0.29) is 17.5 Å². The molecule has 1 N–H and O–H groups in total. The smallest absolute Gasteiger partial charge is 0.204 e. The standard InChI is InChI=1S/C25H29N5O6S/c1-15-12-26-24(27-13-15)25(4,31)17(3)37(32,33)14-21-28-29-23(20-11-10-16(2)36-20)30(21)22-18(34-5)8-7-9-19(22)35-6/h7-13,17,31H,14H2,1-6H3/t17-,25+/m0/s1. The fourth-order valence-corrected chi connectivity index (χ4v) is 5.50. The van der Waals surface area contributed by atoms with Crippen LogP contribution in [0.25, 0.3) is 17.3 Å². The Balaban J connectivity index is 1.84. The Morgan fingerprint density at radius 1 is 1.05 bits per heavy atom. The molecule has 3 heterocycles. The van der Waals surface area contributed by atoms with Crippen LogP contribution in [-0.4, -0.2) is 57.7 Å². The molecule has 2 atom stereocenters. The van der Waals surface area contributed by atoms with Gasteiger partial charge < -0.3 is 19.0 Å². The number of aromatic nitrogens is 5. The fraction of sp³-hybridized carbons (Fsp3) is 0.360. The van der Waals surface area contributed by atoms with Crippen molar-refractivity contribution in [3.05, 3.63) is 65.7 Å². The van der Waals surface area contributed by atoms with Crippen molar-refractivity contribution < 1.29 is 27.4 Å². The van der Waals surface area contributed by atoms with Crippen LogP contribution < -0.4 is 9.47 Å². The predicted molar refractivity (Wildman–Crippen MR) is 135 cm³/mol. The highest BCUT2D eigenvalue weighted by Gasteiger charge is 2.42. The summed E-state index contributed by atoms with van der Waals surface area (Å²) in [5.41, 5.74) is -0.664. The third kappa shape index (κ3) is 4.94. The SMILES string of the molecule is COc1cccc(OC)c1-n1c(CS(=O)(=O)[C@@H](C)[C@@](C)(O)c2ncc(C)cn2)nnc1-c1ccc(C)o1. The van der Waals surface area contributed by atoms with E-state index < -0.39 is 26.4 Å². The van der Waals surface area contributed by atoms with Gasteiger partial charge in [-0.3, -0.25) is 4.57 Å². The van der Waals surface area contributed by atoms with E-state index in [4.69, 9.17) is 13.9 Å². The average Bonchev–Trinajstić information content (AvgIpc) is 3.48. The molecule has 37 heavy (non-hydrogen) atoms. The number of furan rings is 1. The number of aryl methyl sites for hydroxylation is 2. The first kappa shape index (κ1) is 26.3. The normalized spacial score (nSPS) is 14.2. The lowest BCUT2D eigenvalue weighted by Gasteiger charge is -2.28. The first-order valence-electron chi connectivity index (χ1n) is 11.4. The lowest BCUT2D eigenvalue weighted by atomic mass is 10.0. The zero-order valence-corrected chi connectivity index (χ0v) is 22.3. The summed E-state index contributed by atoms with van der Waals surface area (Å²) in [7, 11) is -1.03. The Bertz CT molecular complexity index is 1490. The quantitative estimate of drug-likeness (QED) is 0.345. The molecule has 0 aliphatic carbocycles. The highest BCUT2D eigenvalue weighted by Crippen LogP contribution is 2.37. The third-order valence-electron chi connectivity index (χ3n) is 6.21. The van der Waals surface area contributed by atoms with Gasteiger partial charge in [-0.2, -0.15) is 0 Å². The van der Waals surface area contributed by atoms with E-state index in [1.807, 2.05) is 0 Å². The van der Waals surface area contributed by atoms with Crippen LogP contribution in [0.15, 0.2) is 47.1 Å². The molecular formula is C25H29N5O6S. The van der Waals surface area contributed by atoms with Crippen molar-refractivity contribution in [1.82, 2.24) is 24.7 Å². The van der Waals surface area contributed by atoms with Crippen molar-refractivity contribution in [3.63, 3.8) is 0 Å². The third-order valence-corrected chi connectivity index (χ3v) is 8.41. The van der Waals surface area contributed by atoms with E-state index in [0.717, 1.165) is 5.56 Å². The zero-order chi connectivity index (χ0) is 27.0. The van der Waals surface area contributed by atoms with E-state index in [2.05, 4.69) is 20.2 Å². The summed E-state index contributed by atoms with van der Waals surface area (Å²) in [6.07, 6.45) is 3.05. The van der Waals surface area contributed by atoms with Crippen LogP contribution in [0.2, 0.25) is 0 Å². The minimum Gasteiger partial charge on any atom is -0.494 e. The molecule has 0 saturated carbocycles. The van der Waals surface area contributed by atoms with Crippen LogP contribution in [0.5, 0.6) is 11.5 Å². The maximum absolute atomic E-state index is 13.6. The summed E-state index contributed by atoms with van der Waals surface area (Å²) in [6, 6.07) is 8.67. The number of para-hydroxylation sites is 1. The maximum Gasteiger partial charge on any atom is 0.204 e. The van der Waals surface area contributed by atoms with Gasteiger partial charge in [0.2, 0.25) is 5.82 Å². The molecule has 0 amide bonds. The van der Waals surface area contributed by atoms with Crippen LogP contribution in [-0.2, 0) is 21.2 Å².